The second kappa shape index (κ2) is 6.89. The molecule has 0 aliphatic carbocycles. The van der Waals surface area contributed by atoms with Gasteiger partial charge in [-0.2, -0.15) is 5.10 Å². The van der Waals surface area contributed by atoms with Gasteiger partial charge in [0.2, 0.25) is 0 Å². The highest BCUT2D eigenvalue weighted by Gasteiger charge is 2.15. The van der Waals surface area contributed by atoms with Gasteiger partial charge in [0.1, 0.15) is 0 Å². The molecule has 0 radical (unpaired) electrons. The number of rotatable bonds is 6. The van der Waals surface area contributed by atoms with Crippen molar-refractivity contribution in [2.24, 2.45) is 0 Å². The summed E-state index contributed by atoms with van der Waals surface area (Å²) < 4.78 is 6.86. The lowest BCUT2D eigenvalue weighted by molar-refractivity contribution is 0.0519. The van der Waals surface area contributed by atoms with Crippen LogP contribution in [-0.4, -0.2) is 22.4 Å². The van der Waals surface area contributed by atoms with E-state index in [1.165, 1.54) is 0 Å². The van der Waals surface area contributed by atoms with Crippen LogP contribution in [-0.2, 0) is 11.2 Å². The highest BCUT2D eigenvalue weighted by Crippen LogP contribution is 2.15. The van der Waals surface area contributed by atoms with Crippen molar-refractivity contribution in [2.45, 2.75) is 33.1 Å². The van der Waals surface area contributed by atoms with Crippen molar-refractivity contribution in [3.8, 4) is 5.69 Å². The minimum atomic E-state index is -0.361. The Kier molecular flexibility index (Phi) is 4.93. The van der Waals surface area contributed by atoms with Crippen LogP contribution in [0.3, 0.4) is 0 Å². The third-order valence-corrected chi connectivity index (χ3v) is 3.05. The van der Waals surface area contributed by atoms with Crippen molar-refractivity contribution in [3.05, 3.63) is 47.8 Å². The topological polar surface area (TPSA) is 44.1 Å². The lowest BCUT2D eigenvalue weighted by atomic mass is 10.2. The van der Waals surface area contributed by atoms with Crippen LogP contribution < -0.4 is 0 Å². The first-order chi connectivity index (χ1) is 9.76. The Morgan fingerprint density at radius 2 is 2.00 bits per heavy atom. The normalized spacial score (nSPS) is 10.5. The van der Waals surface area contributed by atoms with Crippen molar-refractivity contribution in [2.75, 3.05) is 6.61 Å². The van der Waals surface area contributed by atoms with Crippen molar-refractivity contribution >= 4 is 5.97 Å². The molecule has 2 rings (SSSR count). The largest absolute Gasteiger partial charge is 0.461 e. The van der Waals surface area contributed by atoms with Gasteiger partial charge in [0.15, 0.2) is 5.69 Å². The molecule has 20 heavy (non-hydrogen) atoms. The Labute approximate surface area is 119 Å². The van der Waals surface area contributed by atoms with E-state index in [9.17, 15) is 4.79 Å². The zero-order valence-corrected chi connectivity index (χ0v) is 12.0. The molecule has 1 heterocycles. The minimum Gasteiger partial charge on any atom is -0.461 e. The number of ether oxygens (including phenoxy) is 1. The molecule has 0 bridgehead atoms. The first-order valence-corrected chi connectivity index (χ1v) is 7.07. The van der Waals surface area contributed by atoms with Gasteiger partial charge < -0.3 is 4.74 Å². The molecule has 0 amide bonds. The number of esters is 1. The molecule has 0 atom stereocenters. The summed E-state index contributed by atoms with van der Waals surface area (Å²) >= 11 is 0. The number of aromatic nitrogens is 2. The van der Waals surface area contributed by atoms with Crippen LogP contribution >= 0.6 is 0 Å². The maximum atomic E-state index is 11.8. The summed E-state index contributed by atoms with van der Waals surface area (Å²) in [6.07, 6.45) is 3.08. The monoisotopic (exact) mass is 272 g/mol. The van der Waals surface area contributed by atoms with Gasteiger partial charge >= 0.3 is 5.97 Å². The molecule has 0 aliphatic rings. The Bertz CT molecular complexity index is 561. The molecule has 2 aromatic rings. The molecule has 4 heteroatoms. The third-order valence-electron chi connectivity index (χ3n) is 3.05. The molecule has 0 aliphatic heterocycles. The van der Waals surface area contributed by atoms with Crippen LogP contribution in [0.15, 0.2) is 36.4 Å². The minimum absolute atomic E-state index is 0.361. The number of hydrogen-bond donors (Lipinski definition) is 0. The average Bonchev–Trinajstić information content (AvgIpc) is 2.90. The Balaban J connectivity index is 2.35. The molecule has 0 saturated carbocycles. The fourth-order valence-electron chi connectivity index (χ4n) is 2.05. The van der Waals surface area contributed by atoms with Gasteiger partial charge in [0.05, 0.1) is 12.3 Å². The molecule has 0 spiro atoms. The van der Waals surface area contributed by atoms with E-state index in [4.69, 9.17) is 4.74 Å². The molecular formula is C16H20N2O2. The molecule has 0 saturated heterocycles. The van der Waals surface area contributed by atoms with Gasteiger partial charge in [-0.05, 0) is 38.0 Å². The van der Waals surface area contributed by atoms with Gasteiger partial charge in [-0.3, -0.25) is 0 Å². The highest BCUT2D eigenvalue weighted by molar-refractivity contribution is 5.87. The molecule has 0 N–H and O–H groups in total. The van der Waals surface area contributed by atoms with Crippen molar-refractivity contribution in [1.82, 2.24) is 9.78 Å². The molecule has 106 valence electrons. The second-order valence-corrected chi connectivity index (χ2v) is 4.59. The molecular weight excluding hydrogens is 252 g/mol. The summed E-state index contributed by atoms with van der Waals surface area (Å²) in [6, 6.07) is 11.7. The Morgan fingerprint density at radius 1 is 1.25 bits per heavy atom. The summed E-state index contributed by atoms with van der Waals surface area (Å²) in [7, 11) is 0. The molecule has 0 unspecified atom stereocenters. The van der Waals surface area contributed by atoms with Crippen LogP contribution in [0.5, 0.6) is 0 Å². The number of hydrogen-bond acceptors (Lipinski definition) is 3. The zero-order chi connectivity index (χ0) is 14.4. The van der Waals surface area contributed by atoms with Gasteiger partial charge in [-0.1, -0.05) is 31.5 Å². The van der Waals surface area contributed by atoms with Crippen LogP contribution in [0.25, 0.3) is 5.69 Å². The number of carbonyl (C=O) groups is 1. The number of unbranched alkanes of at least 4 members (excludes halogenated alkanes) is 1. The number of para-hydroxylation sites is 1. The molecule has 1 aromatic carbocycles. The van der Waals surface area contributed by atoms with E-state index < -0.39 is 0 Å². The predicted octanol–water partition coefficient (Wildman–Crippen LogP) is 3.39. The van der Waals surface area contributed by atoms with Gasteiger partial charge in [0.25, 0.3) is 0 Å². The Morgan fingerprint density at radius 3 is 2.65 bits per heavy atom. The Hall–Kier alpha value is -2.10. The maximum Gasteiger partial charge on any atom is 0.358 e. The van der Waals surface area contributed by atoms with Crippen LogP contribution in [0.2, 0.25) is 0 Å². The average molecular weight is 272 g/mol. The first kappa shape index (κ1) is 14.3. The highest BCUT2D eigenvalue weighted by atomic mass is 16.5. The van der Waals surface area contributed by atoms with Crippen molar-refractivity contribution in [3.63, 3.8) is 0 Å². The first-order valence-electron chi connectivity index (χ1n) is 7.07. The van der Waals surface area contributed by atoms with E-state index in [0.29, 0.717) is 12.3 Å². The number of nitrogens with zero attached hydrogens (tertiary/aromatic N) is 2. The zero-order valence-electron chi connectivity index (χ0n) is 12.0. The summed E-state index contributed by atoms with van der Waals surface area (Å²) in [5.41, 5.74) is 2.39. The van der Waals surface area contributed by atoms with E-state index in [2.05, 4.69) is 12.0 Å². The van der Waals surface area contributed by atoms with E-state index in [1.807, 2.05) is 41.1 Å². The number of carbonyl (C=O) groups excluding carboxylic acids is 1. The second-order valence-electron chi connectivity index (χ2n) is 4.59. The van der Waals surface area contributed by atoms with Crippen LogP contribution in [0, 0.1) is 0 Å². The van der Waals surface area contributed by atoms with Gasteiger partial charge in [-0.15, -0.1) is 0 Å². The van der Waals surface area contributed by atoms with Crippen LogP contribution in [0.1, 0.15) is 42.9 Å². The van der Waals surface area contributed by atoms with E-state index in [-0.39, 0.29) is 5.97 Å². The van der Waals surface area contributed by atoms with E-state index in [1.54, 1.807) is 6.92 Å². The van der Waals surface area contributed by atoms with Gasteiger partial charge in [-0.25, -0.2) is 9.48 Å². The lowest BCUT2D eigenvalue weighted by Crippen LogP contribution is -2.07. The summed E-state index contributed by atoms with van der Waals surface area (Å²) in [4.78, 5) is 11.8. The summed E-state index contributed by atoms with van der Waals surface area (Å²) in [5, 5.41) is 4.39. The predicted molar refractivity (Wildman–Crippen MR) is 78.1 cm³/mol. The third kappa shape index (κ3) is 3.26. The smallest absolute Gasteiger partial charge is 0.358 e. The molecule has 0 fully saturated rings. The molecule has 1 aromatic heterocycles. The fraction of sp³-hybridized carbons (Fsp3) is 0.375. The SMILES string of the molecule is CCCCc1cc(C(=O)OCC)nn1-c1ccccc1. The van der Waals surface area contributed by atoms with Crippen LogP contribution in [0.4, 0.5) is 0 Å². The summed E-state index contributed by atoms with van der Waals surface area (Å²) in [5.74, 6) is -0.361. The van der Waals surface area contributed by atoms with Crippen molar-refractivity contribution < 1.29 is 9.53 Å². The van der Waals surface area contributed by atoms with E-state index in [0.717, 1.165) is 30.6 Å². The van der Waals surface area contributed by atoms with E-state index >= 15 is 0 Å². The standard InChI is InChI=1S/C16H20N2O2/c1-3-5-9-14-12-15(16(19)20-4-2)17-18(14)13-10-7-6-8-11-13/h6-8,10-12H,3-5,9H2,1-2H3. The maximum absolute atomic E-state index is 11.8. The lowest BCUT2D eigenvalue weighted by Gasteiger charge is -2.06. The molecule has 4 nitrogen and oxygen atoms in total. The summed E-state index contributed by atoms with van der Waals surface area (Å²) in [6.45, 7) is 4.31. The number of aryl methyl sites for hydroxylation is 1. The number of benzene rings is 1. The fourth-order valence-corrected chi connectivity index (χ4v) is 2.05. The van der Waals surface area contributed by atoms with Gasteiger partial charge in [0, 0.05) is 5.69 Å². The quantitative estimate of drug-likeness (QED) is 0.757. The van der Waals surface area contributed by atoms with Crippen molar-refractivity contribution in [1.29, 1.82) is 0 Å².